The van der Waals surface area contributed by atoms with Crippen molar-refractivity contribution in [2.24, 2.45) is 5.92 Å². The number of rotatable bonds is 7. The zero-order valence-corrected chi connectivity index (χ0v) is 20.1. The summed E-state index contributed by atoms with van der Waals surface area (Å²) in [5, 5.41) is 23.1. The van der Waals surface area contributed by atoms with Crippen LogP contribution in [0.2, 0.25) is 5.02 Å². The second-order valence-corrected chi connectivity index (χ2v) is 9.98. The largest absolute Gasteiger partial charge is 0.481 e. The van der Waals surface area contributed by atoms with Gasteiger partial charge in [-0.1, -0.05) is 29.8 Å². The van der Waals surface area contributed by atoms with E-state index >= 15 is 0 Å². The summed E-state index contributed by atoms with van der Waals surface area (Å²) in [6.07, 6.45) is 3.86. The Hall–Kier alpha value is -3.16. The maximum atomic E-state index is 12.4. The number of halogens is 1. The molecule has 1 aliphatic carbocycles. The van der Waals surface area contributed by atoms with Gasteiger partial charge in [0.15, 0.2) is 0 Å². The van der Waals surface area contributed by atoms with E-state index in [9.17, 15) is 9.59 Å². The molecule has 4 rings (SSSR count). The lowest BCUT2D eigenvalue weighted by molar-refractivity contribution is -0.138. The van der Waals surface area contributed by atoms with Gasteiger partial charge in [0.2, 0.25) is 0 Å². The van der Waals surface area contributed by atoms with E-state index < -0.39 is 5.97 Å². The molecule has 5 N–H and O–H groups in total. The summed E-state index contributed by atoms with van der Waals surface area (Å²) < 4.78 is 0. The number of benzene rings is 2. The van der Waals surface area contributed by atoms with Crippen molar-refractivity contribution >= 4 is 51.9 Å². The highest BCUT2D eigenvalue weighted by Crippen LogP contribution is 2.42. The van der Waals surface area contributed by atoms with Crippen LogP contribution in [-0.4, -0.2) is 22.7 Å². The molecule has 1 saturated carbocycles. The van der Waals surface area contributed by atoms with Gasteiger partial charge in [-0.15, -0.1) is 11.3 Å². The standard InChI is InChI=1S/C26H26ClN3O3S/c27-19-3-1-2-18(13-19)26(33)30-20-10-8-17(9-11-20)23(28)25-24(29)21(14-34-25)16-6-4-15(5-7-16)12-22(31)32/h1-3,8-11,13-16,28H,4-7,12,29H2,(H,30,33)(H,31,32). The van der Waals surface area contributed by atoms with Crippen molar-refractivity contribution in [3.8, 4) is 0 Å². The summed E-state index contributed by atoms with van der Waals surface area (Å²) >= 11 is 7.43. The molecule has 2 aromatic carbocycles. The molecule has 0 unspecified atom stereocenters. The van der Waals surface area contributed by atoms with Crippen LogP contribution in [0.25, 0.3) is 0 Å². The molecule has 176 valence electrons. The van der Waals surface area contributed by atoms with Crippen LogP contribution in [0, 0.1) is 11.3 Å². The molecule has 0 saturated heterocycles. The molecule has 3 aromatic rings. The summed E-state index contributed by atoms with van der Waals surface area (Å²) in [6.45, 7) is 0. The van der Waals surface area contributed by atoms with Gasteiger partial charge in [0, 0.05) is 28.3 Å². The molecule has 34 heavy (non-hydrogen) atoms. The second kappa shape index (κ2) is 10.4. The first-order chi connectivity index (χ1) is 16.3. The lowest BCUT2D eigenvalue weighted by atomic mass is 9.78. The monoisotopic (exact) mass is 495 g/mol. The summed E-state index contributed by atoms with van der Waals surface area (Å²) in [5.41, 5.74) is 10.3. The predicted molar refractivity (Wildman–Crippen MR) is 137 cm³/mol. The zero-order chi connectivity index (χ0) is 24.2. The van der Waals surface area contributed by atoms with Gasteiger partial charge < -0.3 is 16.2 Å². The highest BCUT2D eigenvalue weighted by atomic mass is 35.5. The van der Waals surface area contributed by atoms with Gasteiger partial charge >= 0.3 is 5.97 Å². The zero-order valence-electron chi connectivity index (χ0n) is 18.5. The minimum absolute atomic E-state index is 0.233. The van der Waals surface area contributed by atoms with E-state index in [2.05, 4.69) is 5.32 Å². The molecule has 1 amide bonds. The van der Waals surface area contributed by atoms with Crippen molar-refractivity contribution < 1.29 is 14.7 Å². The SMILES string of the molecule is N=C(c1ccc(NC(=O)c2cccc(Cl)c2)cc1)c1scc(C2CCC(CC(=O)O)CC2)c1N. The van der Waals surface area contributed by atoms with E-state index in [0.717, 1.165) is 36.1 Å². The minimum Gasteiger partial charge on any atom is -0.481 e. The third-order valence-electron chi connectivity index (χ3n) is 6.35. The molecule has 0 bridgehead atoms. The van der Waals surface area contributed by atoms with E-state index in [-0.39, 0.29) is 18.2 Å². The summed E-state index contributed by atoms with van der Waals surface area (Å²) in [5.74, 6) is -0.434. The quantitative estimate of drug-likeness (QED) is 0.284. The Bertz CT molecular complexity index is 1210. The van der Waals surface area contributed by atoms with Gasteiger partial charge in [0.25, 0.3) is 5.91 Å². The fourth-order valence-electron chi connectivity index (χ4n) is 4.50. The van der Waals surface area contributed by atoms with Crippen LogP contribution in [-0.2, 0) is 4.79 Å². The number of carboxylic acid groups (broad SMARTS) is 1. The lowest BCUT2D eigenvalue weighted by Gasteiger charge is -2.27. The number of carboxylic acids is 1. The summed E-state index contributed by atoms with van der Waals surface area (Å²) in [6, 6.07) is 13.9. The number of amides is 1. The summed E-state index contributed by atoms with van der Waals surface area (Å²) in [7, 11) is 0. The molecule has 1 aliphatic rings. The van der Waals surface area contributed by atoms with Crippen LogP contribution < -0.4 is 11.1 Å². The molecule has 0 radical (unpaired) electrons. The Kier molecular flexibility index (Phi) is 7.34. The van der Waals surface area contributed by atoms with E-state index in [4.69, 9.17) is 27.9 Å². The highest BCUT2D eigenvalue weighted by molar-refractivity contribution is 7.13. The molecule has 0 atom stereocenters. The lowest BCUT2D eigenvalue weighted by Crippen LogP contribution is -2.17. The van der Waals surface area contributed by atoms with Crippen LogP contribution in [0.4, 0.5) is 11.4 Å². The van der Waals surface area contributed by atoms with Gasteiger partial charge in [0.05, 0.1) is 16.3 Å². The molecule has 8 heteroatoms. The number of aliphatic carboxylic acids is 1. The molecular formula is C26H26ClN3O3S. The third kappa shape index (κ3) is 5.48. The van der Waals surface area contributed by atoms with Crippen LogP contribution in [0.5, 0.6) is 0 Å². The van der Waals surface area contributed by atoms with Crippen molar-refractivity contribution in [2.75, 3.05) is 11.1 Å². The molecule has 1 heterocycles. The topological polar surface area (TPSA) is 116 Å². The Morgan fingerprint density at radius 2 is 1.79 bits per heavy atom. The number of hydrogen-bond acceptors (Lipinski definition) is 5. The molecule has 0 spiro atoms. The van der Waals surface area contributed by atoms with Crippen molar-refractivity contribution in [1.82, 2.24) is 0 Å². The Labute approximate surface area is 207 Å². The fourth-order valence-corrected chi connectivity index (χ4v) is 5.73. The van der Waals surface area contributed by atoms with Crippen LogP contribution in [0.3, 0.4) is 0 Å². The Balaban J connectivity index is 1.41. The first-order valence-electron chi connectivity index (χ1n) is 11.2. The number of nitrogen functional groups attached to an aromatic ring is 1. The van der Waals surface area contributed by atoms with Gasteiger partial charge in [-0.25, -0.2) is 0 Å². The minimum atomic E-state index is -0.732. The van der Waals surface area contributed by atoms with Crippen molar-refractivity contribution in [1.29, 1.82) is 5.41 Å². The van der Waals surface area contributed by atoms with Crippen LogP contribution in [0.15, 0.2) is 53.9 Å². The molecule has 0 aliphatic heterocycles. The average Bonchev–Trinajstić information content (AvgIpc) is 3.20. The van der Waals surface area contributed by atoms with E-state index in [0.29, 0.717) is 39.2 Å². The van der Waals surface area contributed by atoms with E-state index in [1.807, 2.05) is 5.38 Å². The Morgan fingerprint density at radius 3 is 2.44 bits per heavy atom. The van der Waals surface area contributed by atoms with Gasteiger partial charge in [-0.3, -0.25) is 15.0 Å². The number of anilines is 2. The molecular weight excluding hydrogens is 470 g/mol. The molecule has 1 fully saturated rings. The first kappa shape index (κ1) is 24.0. The second-order valence-electron chi connectivity index (χ2n) is 8.67. The number of carbonyl (C=O) groups is 2. The first-order valence-corrected chi connectivity index (χ1v) is 12.4. The van der Waals surface area contributed by atoms with Crippen LogP contribution in [0.1, 0.15) is 64.4 Å². The molecule has 1 aromatic heterocycles. The van der Waals surface area contributed by atoms with Crippen molar-refractivity contribution in [3.63, 3.8) is 0 Å². The summed E-state index contributed by atoms with van der Waals surface area (Å²) in [4.78, 5) is 24.1. The van der Waals surface area contributed by atoms with Gasteiger partial charge in [0.1, 0.15) is 0 Å². The number of hydrogen-bond donors (Lipinski definition) is 4. The van der Waals surface area contributed by atoms with Gasteiger partial charge in [-0.2, -0.15) is 0 Å². The van der Waals surface area contributed by atoms with Gasteiger partial charge in [-0.05, 0) is 78.8 Å². The number of carbonyl (C=O) groups excluding carboxylic acids is 1. The number of thiophene rings is 1. The normalized spacial score (nSPS) is 17.8. The average molecular weight is 496 g/mol. The van der Waals surface area contributed by atoms with Crippen molar-refractivity contribution in [3.05, 3.63) is 80.5 Å². The maximum absolute atomic E-state index is 12.4. The highest BCUT2D eigenvalue weighted by Gasteiger charge is 2.27. The maximum Gasteiger partial charge on any atom is 0.303 e. The Morgan fingerprint density at radius 1 is 1.09 bits per heavy atom. The fraction of sp³-hybridized carbons (Fsp3) is 0.269. The van der Waals surface area contributed by atoms with E-state index in [1.165, 1.54) is 11.3 Å². The smallest absolute Gasteiger partial charge is 0.303 e. The van der Waals surface area contributed by atoms with E-state index in [1.54, 1.807) is 48.5 Å². The number of nitrogens with one attached hydrogen (secondary N) is 2. The predicted octanol–water partition coefficient (Wildman–Crippen LogP) is 6.40. The van der Waals surface area contributed by atoms with Crippen molar-refractivity contribution in [2.45, 2.75) is 38.0 Å². The number of nitrogens with two attached hydrogens (primary N) is 1. The third-order valence-corrected chi connectivity index (χ3v) is 7.62. The molecule has 6 nitrogen and oxygen atoms in total. The van der Waals surface area contributed by atoms with Crippen LogP contribution >= 0.6 is 22.9 Å².